The van der Waals surface area contributed by atoms with Crippen molar-refractivity contribution in [3.05, 3.63) is 27.9 Å². The number of aryl methyl sites for hydroxylation is 1. The minimum Gasteiger partial charge on any atom is -0.389 e. The van der Waals surface area contributed by atoms with Crippen molar-refractivity contribution in [3.8, 4) is 11.3 Å². The third kappa shape index (κ3) is 1.78. The summed E-state index contributed by atoms with van der Waals surface area (Å²) in [6.07, 6.45) is 3.49. The van der Waals surface area contributed by atoms with Gasteiger partial charge in [-0.2, -0.15) is 0 Å². The number of nitrogens with zero attached hydrogens (tertiary/aromatic N) is 2. The number of thiazole rings is 1. The molecule has 14 heavy (non-hydrogen) atoms. The maximum absolute atomic E-state index is 5.84. The van der Waals surface area contributed by atoms with Gasteiger partial charge in [0.2, 0.25) is 0 Å². The zero-order valence-corrected chi connectivity index (χ0v) is 9.89. The van der Waals surface area contributed by atoms with Gasteiger partial charge in [-0.25, -0.2) is 4.98 Å². The van der Waals surface area contributed by atoms with E-state index in [1.54, 1.807) is 12.4 Å². The predicted octanol–water partition coefficient (Wildman–Crippen LogP) is 2.86. The Morgan fingerprint density at radius 3 is 2.79 bits per heavy atom. The molecule has 0 saturated carbocycles. The predicted molar refractivity (Wildman–Crippen MR) is 62.2 cm³/mol. The fourth-order valence-electron chi connectivity index (χ4n) is 1.19. The molecular weight excluding hydrogens is 262 g/mol. The SMILES string of the molecule is Cc1nc(-c2cncc(Br)c2)c(N)s1. The molecule has 0 atom stereocenters. The lowest BCUT2D eigenvalue weighted by Gasteiger charge is -1.97. The van der Waals surface area contributed by atoms with Crippen LogP contribution in [0.3, 0.4) is 0 Å². The van der Waals surface area contributed by atoms with Crippen molar-refractivity contribution in [2.24, 2.45) is 0 Å². The molecule has 0 radical (unpaired) electrons. The van der Waals surface area contributed by atoms with Gasteiger partial charge < -0.3 is 5.73 Å². The molecule has 2 aromatic rings. The molecule has 72 valence electrons. The maximum Gasteiger partial charge on any atom is 0.114 e. The Morgan fingerprint density at radius 1 is 1.43 bits per heavy atom. The Morgan fingerprint density at radius 2 is 2.21 bits per heavy atom. The minimum atomic E-state index is 0.738. The van der Waals surface area contributed by atoms with Crippen LogP contribution in [0.25, 0.3) is 11.3 Å². The molecule has 0 bridgehead atoms. The summed E-state index contributed by atoms with van der Waals surface area (Å²) in [6.45, 7) is 1.94. The topological polar surface area (TPSA) is 51.8 Å². The van der Waals surface area contributed by atoms with E-state index < -0.39 is 0 Å². The lowest BCUT2D eigenvalue weighted by Crippen LogP contribution is -1.86. The third-order valence-electron chi connectivity index (χ3n) is 1.74. The minimum absolute atomic E-state index is 0.738. The van der Waals surface area contributed by atoms with Gasteiger partial charge in [0.1, 0.15) is 10.7 Å². The first-order valence-electron chi connectivity index (χ1n) is 4.00. The molecule has 0 aliphatic rings. The van der Waals surface area contributed by atoms with Gasteiger partial charge >= 0.3 is 0 Å². The van der Waals surface area contributed by atoms with E-state index in [-0.39, 0.29) is 0 Å². The van der Waals surface area contributed by atoms with Gasteiger partial charge in [-0.05, 0) is 28.9 Å². The highest BCUT2D eigenvalue weighted by atomic mass is 79.9. The number of hydrogen-bond acceptors (Lipinski definition) is 4. The average molecular weight is 270 g/mol. The number of nitrogens with two attached hydrogens (primary N) is 1. The molecule has 0 fully saturated rings. The van der Waals surface area contributed by atoms with Crippen LogP contribution < -0.4 is 5.73 Å². The smallest absolute Gasteiger partial charge is 0.114 e. The number of halogens is 1. The monoisotopic (exact) mass is 269 g/mol. The quantitative estimate of drug-likeness (QED) is 0.866. The molecule has 0 amide bonds. The Bertz CT molecular complexity index is 467. The van der Waals surface area contributed by atoms with Crippen LogP contribution in [0.5, 0.6) is 0 Å². The van der Waals surface area contributed by atoms with Crippen LogP contribution in [0.4, 0.5) is 5.00 Å². The van der Waals surface area contributed by atoms with Crippen molar-refractivity contribution >= 4 is 32.3 Å². The first-order chi connectivity index (χ1) is 6.66. The van der Waals surface area contributed by atoms with Crippen LogP contribution in [0.1, 0.15) is 5.01 Å². The molecule has 0 unspecified atom stereocenters. The van der Waals surface area contributed by atoms with Crippen molar-refractivity contribution in [1.82, 2.24) is 9.97 Å². The molecule has 0 aliphatic heterocycles. The van der Waals surface area contributed by atoms with Crippen molar-refractivity contribution in [2.45, 2.75) is 6.92 Å². The molecule has 2 aromatic heterocycles. The summed E-state index contributed by atoms with van der Waals surface area (Å²) >= 11 is 4.86. The summed E-state index contributed by atoms with van der Waals surface area (Å²) in [5, 5.41) is 1.71. The highest BCUT2D eigenvalue weighted by Gasteiger charge is 2.08. The van der Waals surface area contributed by atoms with Gasteiger partial charge in [0, 0.05) is 22.4 Å². The molecule has 5 heteroatoms. The number of rotatable bonds is 1. The van der Waals surface area contributed by atoms with Gasteiger partial charge in [0.25, 0.3) is 0 Å². The van der Waals surface area contributed by atoms with E-state index in [0.29, 0.717) is 0 Å². The summed E-state index contributed by atoms with van der Waals surface area (Å²) in [4.78, 5) is 8.43. The number of pyridine rings is 1. The van der Waals surface area contributed by atoms with E-state index in [0.717, 1.165) is 25.7 Å². The van der Waals surface area contributed by atoms with Crippen molar-refractivity contribution < 1.29 is 0 Å². The lowest BCUT2D eigenvalue weighted by atomic mass is 10.2. The van der Waals surface area contributed by atoms with E-state index in [4.69, 9.17) is 5.73 Å². The number of aromatic nitrogens is 2. The standard InChI is InChI=1S/C9H8BrN3S/c1-5-13-8(9(11)14-5)6-2-7(10)4-12-3-6/h2-4H,11H2,1H3. The van der Waals surface area contributed by atoms with Gasteiger partial charge in [-0.3, -0.25) is 4.98 Å². The van der Waals surface area contributed by atoms with E-state index in [1.165, 1.54) is 11.3 Å². The van der Waals surface area contributed by atoms with Crippen LogP contribution in [0.15, 0.2) is 22.9 Å². The summed E-state index contributed by atoms with van der Waals surface area (Å²) in [5.41, 5.74) is 7.60. The zero-order valence-electron chi connectivity index (χ0n) is 7.49. The van der Waals surface area contributed by atoms with Gasteiger partial charge in [0.05, 0.1) is 5.01 Å². The molecule has 0 spiro atoms. The zero-order chi connectivity index (χ0) is 10.1. The van der Waals surface area contributed by atoms with Gasteiger partial charge in [0.15, 0.2) is 0 Å². The first kappa shape index (κ1) is 9.61. The molecule has 0 aromatic carbocycles. The van der Waals surface area contributed by atoms with E-state index >= 15 is 0 Å². The highest BCUT2D eigenvalue weighted by molar-refractivity contribution is 9.10. The average Bonchev–Trinajstić information content (AvgIpc) is 2.45. The van der Waals surface area contributed by atoms with Crippen LogP contribution in [-0.2, 0) is 0 Å². The van der Waals surface area contributed by atoms with Gasteiger partial charge in [-0.1, -0.05) is 0 Å². The van der Waals surface area contributed by atoms with Crippen LogP contribution in [0.2, 0.25) is 0 Å². The Kier molecular flexibility index (Phi) is 2.52. The summed E-state index contributed by atoms with van der Waals surface area (Å²) in [6, 6.07) is 1.96. The van der Waals surface area contributed by atoms with E-state index in [9.17, 15) is 0 Å². The third-order valence-corrected chi connectivity index (χ3v) is 2.97. The van der Waals surface area contributed by atoms with Crippen molar-refractivity contribution in [1.29, 1.82) is 0 Å². The van der Waals surface area contributed by atoms with E-state index in [2.05, 4.69) is 25.9 Å². The van der Waals surface area contributed by atoms with Crippen LogP contribution >= 0.6 is 27.3 Å². The fourth-order valence-corrected chi connectivity index (χ4v) is 2.27. The van der Waals surface area contributed by atoms with Crippen LogP contribution in [-0.4, -0.2) is 9.97 Å². The second kappa shape index (κ2) is 3.67. The molecule has 2 N–H and O–H groups in total. The highest BCUT2D eigenvalue weighted by Crippen LogP contribution is 2.30. The van der Waals surface area contributed by atoms with Crippen molar-refractivity contribution in [3.63, 3.8) is 0 Å². The Hall–Kier alpha value is -0.940. The Balaban J connectivity index is 2.54. The molecular formula is C9H8BrN3S. The second-order valence-corrected chi connectivity index (χ2v) is 4.99. The molecule has 0 saturated heterocycles. The normalized spacial score (nSPS) is 10.4. The van der Waals surface area contributed by atoms with E-state index in [1.807, 2.05) is 13.0 Å². The molecule has 0 aliphatic carbocycles. The fraction of sp³-hybridized carbons (Fsp3) is 0.111. The number of nitrogen functional groups attached to an aromatic ring is 1. The summed E-state index contributed by atoms with van der Waals surface area (Å²) in [7, 11) is 0. The van der Waals surface area contributed by atoms with Crippen LogP contribution in [0, 0.1) is 6.92 Å². The largest absolute Gasteiger partial charge is 0.389 e. The van der Waals surface area contributed by atoms with Gasteiger partial charge in [-0.15, -0.1) is 11.3 Å². The molecule has 2 heterocycles. The number of hydrogen-bond donors (Lipinski definition) is 1. The molecule has 2 rings (SSSR count). The lowest BCUT2D eigenvalue weighted by molar-refractivity contribution is 1.26. The maximum atomic E-state index is 5.84. The molecule has 3 nitrogen and oxygen atoms in total. The summed E-state index contributed by atoms with van der Waals surface area (Å²) < 4.78 is 0.931. The second-order valence-electron chi connectivity index (χ2n) is 2.84. The number of anilines is 1. The summed E-state index contributed by atoms with van der Waals surface area (Å²) in [5.74, 6) is 0. The first-order valence-corrected chi connectivity index (χ1v) is 5.61. The Labute approximate surface area is 94.1 Å². The van der Waals surface area contributed by atoms with Crippen molar-refractivity contribution in [2.75, 3.05) is 5.73 Å².